The van der Waals surface area contributed by atoms with Crippen LogP contribution in [0.2, 0.25) is 0 Å². The summed E-state index contributed by atoms with van der Waals surface area (Å²) in [5, 5.41) is 8.63. The lowest BCUT2D eigenvalue weighted by molar-refractivity contribution is 0.320. The van der Waals surface area contributed by atoms with Gasteiger partial charge in [-0.25, -0.2) is 8.42 Å². The summed E-state index contributed by atoms with van der Waals surface area (Å²) in [5.41, 5.74) is 0.278. The summed E-state index contributed by atoms with van der Waals surface area (Å²) in [7, 11) is -0.662. The Morgan fingerprint density at radius 1 is 1.29 bits per heavy atom. The normalized spacial score (nSPS) is 11.0. The van der Waals surface area contributed by atoms with E-state index in [9.17, 15) is 8.42 Å². The number of methoxy groups -OCH3 is 2. The molecular weight excluding hydrogens is 246 g/mol. The molecule has 0 fully saturated rings. The first-order valence-electron chi connectivity index (χ1n) is 4.86. The van der Waals surface area contributed by atoms with Crippen LogP contribution in [-0.4, -0.2) is 40.1 Å². The number of nitrogens with one attached hydrogen (secondary N) is 1. The quantitative estimate of drug-likeness (QED) is 0.776. The van der Waals surface area contributed by atoms with Crippen molar-refractivity contribution in [2.45, 2.75) is 0 Å². The van der Waals surface area contributed by atoms with Gasteiger partial charge in [-0.3, -0.25) is 4.72 Å². The number of rotatable bonds is 6. The molecule has 1 aromatic carbocycles. The molecule has 0 aliphatic heterocycles. The van der Waals surface area contributed by atoms with Crippen LogP contribution in [0, 0.1) is 0 Å². The van der Waals surface area contributed by atoms with E-state index in [4.69, 9.17) is 14.6 Å². The van der Waals surface area contributed by atoms with Crippen molar-refractivity contribution >= 4 is 15.7 Å². The smallest absolute Gasteiger partial charge is 0.235 e. The molecule has 0 atom stereocenters. The summed E-state index contributed by atoms with van der Waals surface area (Å²) in [6.07, 6.45) is 0. The van der Waals surface area contributed by atoms with E-state index in [1.807, 2.05) is 0 Å². The van der Waals surface area contributed by atoms with Crippen LogP contribution in [0.15, 0.2) is 18.2 Å². The van der Waals surface area contributed by atoms with Crippen LogP contribution >= 0.6 is 0 Å². The molecule has 0 spiro atoms. The first-order valence-corrected chi connectivity index (χ1v) is 6.51. The van der Waals surface area contributed by atoms with E-state index in [1.54, 1.807) is 12.1 Å². The first kappa shape index (κ1) is 13.6. The van der Waals surface area contributed by atoms with Gasteiger partial charge in [0.1, 0.15) is 11.5 Å². The number of aliphatic hydroxyl groups is 1. The summed E-state index contributed by atoms with van der Waals surface area (Å²) >= 11 is 0. The molecule has 0 saturated carbocycles. The maximum absolute atomic E-state index is 11.5. The zero-order valence-electron chi connectivity index (χ0n) is 9.63. The van der Waals surface area contributed by atoms with Crippen LogP contribution in [-0.2, 0) is 10.0 Å². The van der Waals surface area contributed by atoms with Crippen molar-refractivity contribution in [1.82, 2.24) is 0 Å². The van der Waals surface area contributed by atoms with E-state index in [0.717, 1.165) is 0 Å². The molecule has 0 aliphatic rings. The van der Waals surface area contributed by atoms with E-state index in [-0.39, 0.29) is 11.4 Å². The van der Waals surface area contributed by atoms with E-state index < -0.39 is 16.6 Å². The maximum Gasteiger partial charge on any atom is 0.235 e. The minimum Gasteiger partial charge on any atom is -0.497 e. The Labute approximate surface area is 100 Å². The Morgan fingerprint density at radius 2 is 2.00 bits per heavy atom. The predicted octanol–water partition coefficient (Wildman–Crippen LogP) is 0.438. The fourth-order valence-electron chi connectivity index (χ4n) is 1.23. The van der Waals surface area contributed by atoms with E-state index in [1.165, 1.54) is 20.3 Å². The molecule has 6 nitrogen and oxygen atoms in total. The van der Waals surface area contributed by atoms with Crippen LogP contribution in [0.4, 0.5) is 5.69 Å². The Balaban J connectivity index is 3.03. The molecule has 0 amide bonds. The third-order valence-electron chi connectivity index (χ3n) is 2.03. The Morgan fingerprint density at radius 3 is 2.53 bits per heavy atom. The maximum atomic E-state index is 11.5. The highest BCUT2D eigenvalue weighted by molar-refractivity contribution is 7.92. The summed E-state index contributed by atoms with van der Waals surface area (Å²) in [4.78, 5) is 0. The van der Waals surface area contributed by atoms with Gasteiger partial charge >= 0.3 is 0 Å². The highest BCUT2D eigenvalue weighted by atomic mass is 32.2. The lowest BCUT2D eigenvalue weighted by Crippen LogP contribution is -2.19. The molecule has 0 bridgehead atoms. The van der Waals surface area contributed by atoms with Gasteiger partial charge in [-0.05, 0) is 12.1 Å². The number of aliphatic hydroxyl groups excluding tert-OH is 1. The Hall–Kier alpha value is -1.47. The topological polar surface area (TPSA) is 84.9 Å². The summed E-state index contributed by atoms with van der Waals surface area (Å²) in [6.45, 7) is -0.443. The van der Waals surface area contributed by atoms with Crippen LogP contribution in [0.3, 0.4) is 0 Å². The zero-order chi connectivity index (χ0) is 12.9. The van der Waals surface area contributed by atoms with Gasteiger partial charge in [0.2, 0.25) is 10.0 Å². The number of anilines is 1. The van der Waals surface area contributed by atoms with Gasteiger partial charge in [-0.1, -0.05) is 0 Å². The van der Waals surface area contributed by atoms with Gasteiger partial charge in [-0.15, -0.1) is 0 Å². The molecule has 7 heteroatoms. The second-order valence-corrected chi connectivity index (χ2v) is 5.05. The highest BCUT2D eigenvalue weighted by Crippen LogP contribution is 2.29. The average molecular weight is 261 g/mol. The van der Waals surface area contributed by atoms with Gasteiger partial charge in [0.15, 0.2) is 0 Å². The first-order chi connectivity index (χ1) is 8.02. The van der Waals surface area contributed by atoms with Crippen molar-refractivity contribution in [3.63, 3.8) is 0 Å². The van der Waals surface area contributed by atoms with Crippen molar-refractivity contribution in [1.29, 1.82) is 0 Å². The van der Waals surface area contributed by atoms with E-state index in [2.05, 4.69) is 4.72 Å². The standard InChI is InChI=1S/C10H15NO5S/c1-15-8-3-4-10(16-2)9(7-8)11-17(13,14)6-5-12/h3-4,7,11-12H,5-6H2,1-2H3. The van der Waals surface area contributed by atoms with Crippen LogP contribution in [0.25, 0.3) is 0 Å². The number of benzene rings is 1. The molecule has 0 unspecified atom stereocenters. The SMILES string of the molecule is COc1ccc(OC)c(NS(=O)(=O)CCO)c1. The Bertz CT molecular complexity index is 472. The van der Waals surface area contributed by atoms with Gasteiger partial charge < -0.3 is 14.6 Å². The lowest BCUT2D eigenvalue weighted by atomic mass is 10.3. The van der Waals surface area contributed by atoms with Crippen LogP contribution < -0.4 is 14.2 Å². The summed E-state index contributed by atoms with van der Waals surface area (Å²) in [5.74, 6) is 0.521. The molecule has 1 aromatic rings. The van der Waals surface area contributed by atoms with Gasteiger partial charge in [-0.2, -0.15) is 0 Å². The van der Waals surface area contributed by atoms with Crippen molar-refractivity contribution in [3.8, 4) is 11.5 Å². The fraction of sp³-hybridized carbons (Fsp3) is 0.400. The highest BCUT2D eigenvalue weighted by Gasteiger charge is 2.13. The third kappa shape index (κ3) is 3.79. The molecule has 0 radical (unpaired) electrons. The number of hydrogen-bond donors (Lipinski definition) is 2. The molecular formula is C10H15NO5S. The molecule has 0 heterocycles. The van der Waals surface area contributed by atoms with Crippen LogP contribution in [0.1, 0.15) is 0 Å². The minimum absolute atomic E-state index is 0.278. The zero-order valence-corrected chi connectivity index (χ0v) is 10.5. The largest absolute Gasteiger partial charge is 0.497 e. The summed E-state index contributed by atoms with van der Waals surface area (Å²) in [6, 6.07) is 4.76. The Kier molecular flexibility index (Phi) is 4.59. The average Bonchev–Trinajstić information content (AvgIpc) is 2.28. The number of sulfonamides is 1. The van der Waals surface area contributed by atoms with Crippen molar-refractivity contribution < 1.29 is 23.0 Å². The van der Waals surface area contributed by atoms with Gasteiger partial charge in [0.05, 0.1) is 32.3 Å². The van der Waals surface area contributed by atoms with Gasteiger partial charge in [0.25, 0.3) is 0 Å². The minimum atomic E-state index is -3.58. The lowest BCUT2D eigenvalue weighted by Gasteiger charge is -2.12. The second-order valence-electron chi connectivity index (χ2n) is 3.21. The van der Waals surface area contributed by atoms with Crippen molar-refractivity contribution in [3.05, 3.63) is 18.2 Å². The van der Waals surface area contributed by atoms with Crippen molar-refractivity contribution in [2.24, 2.45) is 0 Å². The molecule has 0 aromatic heterocycles. The fourth-order valence-corrected chi connectivity index (χ4v) is 2.07. The third-order valence-corrected chi connectivity index (χ3v) is 3.28. The van der Waals surface area contributed by atoms with E-state index in [0.29, 0.717) is 11.5 Å². The second kappa shape index (κ2) is 5.74. The number of ether oxygens (including phenoxy) is 2. The monoisotopic (exact) mass is 261 g/mol. The molecule has 2 N–H and O–H groups in total. The molecule has 17 heavy (non-hydrogen) atoms. The van der Waals surface area contributed by atoms with Crippen LogP contribution in [0.5, 0.6) is 11.5 Å². The summed E-state index contributed by atoms with van der Waals surface area (Å²) < 4.78 is 35.3. The molecule has 96 valence electrons. The predicted molar refractivity (Wildman–Crippen MR) is 64.0 cm³/mol. The van der Waals surface area contributed by atoms with E-state index >= 15 is 0 Å². The molecule has 1 rings (SSSR count). The van der Waals surface area contributed by atoms with Crippen molar-refractivity contribution in [2.75, 3.05) is 31.3 Å². The number of hydrogen-bond acceptors (Lipinski definition) is 5. The molecule has 0 saturated heterocycles. The van der Waals surface area contributed by atoms with Gasteiger partial charge in [0, 0.05) is 6.07 Å². The molecule has 0 aliphatic carbocycles.